The van der Waals surface area contributed by atoms with Crippen LogP contribution in [0.4, 0.5) is 0 Å². The number of hydrogen-bond donors (Lipinski definition) is 0. The summed E-state index contributed by atoms with van der Waals surface area (Å²) in [5, 5.41) is 0. The minimum atomic E-state index is 0.342. The molecule has 0 aliphatic rings. The summed E-state index contributed by atoms with van der Waals surface area (Å²) in [5.74, 6) is 0. The van der Waals surface area contributed by atoms with E-state index in [1.807, 2.05) is 0 Å². The number of ether oxygens (including phenoxy) is 1. The van der Waals surface area contributed by atoms with Crippen molar-refractivity contribution >= 4 is 0 Å². The summed E-state index contributed by atoms with van der Waals surface area (Å²) in [6.45, 7) is 4.13. The molecule has 2 aromatic rings. The van der Waals surface area contributed by atoms with Crippen LogP contribution in [-0.4, -0.2) is 17.1 Å². The zero-order chi connectivity index (χ0) is 11.5. The number of aromatic nitrogens is 2. The lowest BCUT2D eigenvalue weighted by molar-refractivity contribution is 0.379. The van der Waals surface area contributed by atoms with Crippen molar-refractivity contribution in [1.29, 1.82) is 0 Å². The van der Waals surface area contributed by atoms with Gasteiger partial charge in [0.05, 0.1) is 7.11 Å². The summed E-state index contributed by atoms with van der Waals surface area (Å²) in [7, 11) is 1.54. The van der Waals surface area contributed by atoms with Crippen molar-refractivity contribution in [3.05, 3.63) is 41.7 Å². The standard InChI is InChI=1S/C13H13N2O/c1-9-4-5-10(2)12(6-9)11-7-14-13(16-3)15-8-11/h4-7H,1-3H3. The fourth-order valence-corrected chi connectivity index (χ4v) is 1.54. The van der Waals surface area contributed by atoms with Crippen molar-refractivity contribution in [2.45, 2.75) is 13.8 Å². The van der Waals surface area contributed by atoms with Gasteiger partial charge in [0.1, 0.15) is 6.20 Å². The SMILES string of the molecule is COc1n[c]c(-c2cc(C)ccc2C)cn1. The first kappa shape index (κ1) is 10.6. The lowest BCUT2D eigenvalue weighted by Crippen LogP contribution is -1.93. The van der Waals surface area contributed by atoms with Gasteiger partial charge in [-0.15, -0.1) is 0 Å². The zero-order valence-electron chi connectivity index (χ0n) is 9.61. The summed E-state index contributed by atoms with van der Waals surface area (Å²) in [6.07, 6.45) is 4.66. The minimum absolute atomic E-state index is 0.342. The third-order valence-corrected chi connectivity index (χ3v) is 2.44. The van der Waals surface area contributed by atoms with Crippen molar-refractivity contribution < 1.29 is 4.74 Å². The van der Waals surface area contributed by atoms with E-state index in [0.717, 1.165) is 11.1 Å². The first-order chi connectivity index (χ1) is 7.70. The lowest BCUT2D eigenvalue weighted by atomic mass is 10.0. The largest absolute Gasteiger partial charge is 0.467 e. The molecule has 0 spiro atoms. The van der Waals surface area contributed by atoms with Gasteiger partial charge >= 0.3 is 6.01 Å². The normalized spacial score (nSPS) is 10.2. The highest BCUT2D eigenvalue weighted by Crippen LogP contribution is 2.23. The predicted octanol–water partition coefficient (Wildman–Crippen LogP) is 2.57. The van der Waals surface area contributed by atoms with E-state index < -0.39 is 0 Å². The van der Waals surface area contributed by atoms with Gasteiger partial charge in [-0.2, -0.15) is 4.98 Å². The molecule has 0 unspecified atom stereocenters. The van der Waals surface area contributed by atoms with Crippen molar-refractivity contribution in [2.24, 2.45) is 0 Å². The molecule has 1 aromatic heterocycles. The molecule has 0 amide bonds. The second-order valence-electron chi connectivity index (χ2n) is 3.70. The van der Waals surface area contributed by atoms with Crippen LogP contribution in [0.5, 0.6) is 6.01 Å². The van der Waals surface area contributed by atoms with Gasteiger partial charge in [-0.1, -0.05) is 23.8 Å². The molecule has 1 radical (unpaired) electrons. The van der Waals surface area contributed by atoms with E-state index in [1.165, 1.54) is 11.1 Å². The molecule has 3 nitrogen and oxygen atoms in total. The molecule has 16 heavy (non-hydrogen) atoms. The van der Waals surface area contributed by atoms with Crippen LogP contribution in [0.25, 0.3) is 11.1 Å². The maximum atomic E-state index is 4.91. The second-order valence-corrected chi connectivity index (χ2v) is 3.70. The van der Waals surface area contributed by atoms with E-state index in [4.69, 9.17) is 4.74 Å². The number of benzene rings is 1. The van der Waals surface area contributed by atoms with Crippen molar-refractivity contribution in [3.8, 4) is 17.1 Å². The predicted molar refractivity (Wildman–Crippen MR) is 62.3 cm³/mol. The molecule has 2 rings (SSSR count). The number of rotatable bonds is 2. The summed E-state index contributed by atoms with van der Waals surface area (Å²) in [5.41, 5.74) is 4.41. The van der Waals surface area contributed by atoms with Crippen molar-refractivity contribution in [2.75, 3.05) is 7.11 Å². The molecule has 0 aliphatic heterocycles. The van der Waals surface area contributed by atoms with Gasteiger partial charge in [-0.25, -0.2) is 4.98 Å². The number of nitrogens with zero attached hydrogens (tertiary/aromatic N) is 2. The summed E-state index contributed by atoms with van der Waals surface area (Å²) in [4.78, 5) is 8.07. The van der Waals surface area contributed by atoms with Crippen LogP contribution in [0.3, 0.4) is 0 Å². The number of aryl methyl sites for hydroxylation is 2. The van der Waals surface area contributed by atoms with E-state index in [2.05, 4.69) is 48.2 Å². The highest BCUT2D eigenvalue weighted by atomic mass is 16.5. The topological polar surface area (TPSA) is 35.0 Å². The third-order valence-electron chi connectivity index (χ3n) is 2.44. The zero-order valence-corrected chi connectivity index (χ0v) is 9.61. The monoisotopic (exact) mass is 213 g/mol. The van der Waals surface area contributed by atoms with Crippen molar-refractivity contribution in [1.82, 2.24) is 9.97 Å². The Balaban J connectivity index is 2.45. The third kappa shape index (κ3) is 2.03. The summed E-state index contributed by atoms with van der Waals surface area (Å²) < 4.78 is 4.91. The summed E-state index contributed by atoms with van der Waals surface area (Å²) >= 11 is 0. The van der Waals surface area contributed by atoms with Gasteiger partial charge in [0.2, 0.25) is 0 Å². The van der Waals surface area contributed by atoms with Gasteiger partial charge in [-0.3, -0.25) is 0 Å². The molecular weight excluding hydrogens is 200 g/mol. The van der Waals surface area contributed by atoms with Gasteiger partial charge < -0.3 is 4.74 Å². The van der Waals surface area contributed by atoms with Gasteiger partial charge in [0.15, 0.2) is 0 Å². The Bertz CT molecular complexity index is 492. The second kappa shape index (κ2) is 4.31. The van der Waals surface area contributed by atoms with Gasteiger partial charge in [-0.05, 0) is 25.0 Å². The Morgan fingerprint density at radius 2 is 2.06 bits per heavy atom. The van der Waals surface area contributed by atoms with Gasteiger partial charge in [0.25, 0.3) is 0 Å². The molecule has 0 aliphatic carbocycles. The fraction of sp³-hybridized carbons (Fsp3) is 0.231. The summed E-state index contributed by atoms with van der Waals surface area (Å²) in [6, 6.07) is 6.62. The van der Waals surface area contributed by atoms with E-state index in [0.29, 0.717) is 6.01 Å². The molecule has 1 heterocycles. The lowest BCUT2D eigenvalue weighted by Gasteiger charge is -2.06. The van der Waals surface area contributed by atoms with Crippen LogP contribution in [0.2, 0.25) is 0 Å². The maximum Gasteiger partial charge on any atom is 0.316 e. The van der Waals surface area contributed by atoms with Crippen LogP contribution < -0.4 is 4.74 Å². The Kier molecular flexibility index (Phi) is 2.86. The van der Waals surface area contributed by atoms with Crippen LogP contribution in [0.1, 0.15) is 11.1 Å². The quantitative estimate of drug-likeness (QED) is 0.769. The molecule has 0 bridgehead atoms. The van der Waals surface area contributed by atoms with Crippen LogP contribution in [0.15, 0.2) is 24.4 Å². The molecule has 0 saturated carbocycles. The Hall–Kier alpha value is -1.90. The minimum Gasteiger partial charge on any atom is -0.467 e. The number of methoxy groups -OCH3 is 1. The maximum absolute atomic E-state index is 4.91. The van der Waals surface area contributed by atoms with Crippen LogP contribution in [-0.2, 0) is 0 Å². The molecule has 0 atom stereocenters. The van der Waals surface area contributed by atoms with Crippen LogP contribution in [0, 0.1) is 20.0 Å². The molecule has 0 fully saturated rings. The molecule has 81 valence electrons. The fourth-order valence-electron chi connectivity index (χ4n) is 1.54. The van der Waals surface area contributed by atoms with Crippen molar-refractivity contribution in [3.63, 3.8) is 0 Å². The smallest absolute Gasteiger partial charge is 0.316 e. The Morgan fingerprint density at radius 3 is 2.69 bits per heavy atom. The average molecular weight is 213 g/mol. The molecule has 1 aromatic carbocycles. The molecule has 0 saturated heterocycles. The number of hydrogen-bond acceptors (Lipinski definition) is 3. The first-order valence-electron chi connectivity index (χ1n) is 5.07. The van der Waals surface area contributed by atoms with Crippen LogP contribution >= 0.6 is 0 Å². The van der Waals surface area contributed by atoms with E-state index >= 15 is 0 Å². The average Bonchev–Trinajstić information content (AvgIpc) is 2.32. The van der Waals surface area contributed by atoms with E-state index in [9.17, 15) is 0 Å². The molecular formula is C13H13N2O. The molecule has 0 N–H and O–H groups in total. The Labute approximate surface area is 95.1 Å². The van der Waals surface area contributed by atoms with E-state index in [1.54, 1.807) is 13.3 Å². The van der Waals surface area contributed by atoms with E-state index in [-0.39, 0.29) is 0 Å². The highest BCUT2D eigenvalue weighted by Gasteiger charge is 2.04. The highest BCUT2D eigenvalue weighted by molar-refractivity contribution is 5.65. The first-order valence-corrected chi connectivity index (χ1v) is 5.07. The Morgan fingerprint density at radius 1 is 1.25 bits per heavy atom. The molecule has 3 heteroatoms. The van der Waals surface area contributed by atoms with Gasteiger partial charge in [0, 0.05) is 11.8 Å².